The van der Waals surface area contributed by atoms with Crippen molar-refractivity contribution in [3.8, 4) is 0 Å². The normalized spacial score (nSPS) is 15.5. The second kappa shape index (κ2) is 5.52. The van der Waals surface area contributed by atoms with Crippen molar-refractivity contribution in [2.24, 2.45) is 7.05 Å². The van der Waals surface area contributed by atoms with Gasteiger partial charge in [0.1, 0.15) is 0 Å². The molecule has 2 rings (SSSR count). The molecule has 1 fully saturated rings. The van der Waals surface area contributed by atoms with Crippen molar-refractivity contribution >= 4 is 5.91 Å². The minimum atomic E-state index is 0.0544. The monoisotopic (exact) mass is 251 g/mol. The molecule has 1 amide bonds. The molecule has 0 bridgehead atoms. The Morgan fingerprint density at radius 3 is 2.78 bits per heavy atom. The zero-order valence-corrected chi connectivity index (χ0v) is 11.1. The molecule has 1 heterocycles. The van der Waals surface area contributed by atoms with Gasteiger partial charge in [-0.2, -0.15) is 5.10 Å². The Balaban J connectivity index is 2.13. The molecule has 1 N–H and O–H groups in total. The summed E-state index contributed by atoms with van der Waals surface area (Å²) in [5.74, 6) is 0.0544. The molecule has 1 aromatic rings. The summed E-state index contributed by atoms with van der Waals surface area (Å²) in [5, 5.41) is 13.2. The molecule has 0 radical (unpaired) electrons. The first kappa shape index (κ1) is 13.1. The fourth-order valence-electron chi connectivity index (χ4n) is 2.35. The maximum atomic E-state index is 12.5. The van der Waals surface area contributed by atoms with E-state index in [1.165, 1.54) is 6.42 Å². The lowest BCUT2D eigenvalue weighted by atomic mass is 9.91. The van der Waals surface area contributed by atoms with Crippen LogP contribution in [0.3, 0.4) is 0 Å². The summed E-state index contributed by atoms with van der Waals surface area (Å²) in [5.41, 5.74) is 1.46. The maximum Gasteiger partial charge on any atom is 0.257 e. The van der Waals surface area contributed by atoms with E-state index in [1.807, 2.05) is 18.9 Å². The van der Waals surface area contributed by atoms with Crippen molar-refractivity contribution in [3.05, 3.63) is 17.5 Å². The molecule has 5 nitrogen and oxygen atoms in total. The fourth-order valence-corrected chi connectivity index (χ4v) is 2.35. The van der Waals surface area contributed by atoms with Gasteiger partial charge in [0.15, 0.2) is 0 Å². The van der Waals surface area contributed by atoms with Gasteiger partial charge in [0.2, 0.25) is 0 Å². The van der Waals surface area contributed by atoms with Crippen LogP contribution in [0.1, 0.15) is 41.7 Å². The number of aliphatic hydroxyl groups excluding tert-OH is 1. The molecular weight excluding hydrogens is 230 g/mol. The Morgan fingerprint density at radius 1 is 1.61 bits per heavy atom. The predicted molar refractivity (Wildman–Crippen MR) is 68.3 cm³/mol. The highest BCUT2D eigenvalue weighted by Gasteiger charge is 2.30. The average molecular weight is 251 g/mol. The summed E-state index contributed by atoms with van der Waals surface area (Å²) in [6, 6.07) is 0.351. The molecule has 1 aliphatic carbocycles. The molecule has 1 aliphatic rings. The second-order valence-electron chi connectivity index (χ2n) is 4.96. The summed E-state index contributed by atoms with van der Waals surface area (Å²) < 4.78 is 1.67. The van der Waals surface area contributed by atoms with Gasteiger partial charge in [-0.1, -0.05) is 0 Å². The predicted octanol–water partition coefficient (Wildman–Crippen LogP) is 1.11. The Labute approximate surface area is 107 Å². The van der Waals surface area contributed by atoms with E-state index in [2.05, 4.69) is 5.10 Å². The van der Waals surface area contributed by atoms with E-state index in [-0.39, 0.29) is 12.5 Å². The number of aromatic nitrogens is 2. The first-order valence-electron chi connectivity index (χ1n) is 6.55. The van der Waals surface area contributed by atoms with E-state index in [9.17, 15) is 4.79 Å². The zero-order chi connectivity index (χ0) is 13.1. The molecule has 0 spiro atoms. The van der Waals surface area contributed by atoms with Crippen LogP contribution in [0.25, 0.3) is 0 Å². The number of rotatable bonds is 5. The van der Waals surface area contributed by atoms with E-state index in [4.69, 9.17) is 5.11 Å². The molecule has 1 aromatic heterocycles. The lowest BCUT2D eigenvalue weighted by Gasteiger charge is -2.37. The topological polar surface area (TPSA) is 58.4 Å². The van der Waals surface area contributed by atoms with Gasteiger partial charge in [0.05, 0.1) is 11.3 Å². The van der Waals surface area contributed by atoms with E-state index < -0.39 is 0 Å². The molecule has 18 heavy (non-hydrogen) atoms. The van der Waals surface area contributed by atoms with E-state index in [0.29, 0.717) is 24.6 Å². The SMILES string of the molecule is Cc1nn(C)cc1C(=O)N(CCCO)C1CCC1. The molecule has 0 unspecified atom stereocenters. The summed E-state index contributed by atoms with van der Waals surface area (Å²) in [6.07, 6.45) is 5.77. The number of aryl methyl sites for hydroxylation is 2. The van der Waals surface area contributed by atoms with Gasteiger partial charge in [-0.05, 0) is 32.6 Å². The third kappa shape index (κ3) is 2.56. The largest absolute Gasteiger partial charge is 0.396 e. The van der Waals surface area contributed by atoms with Gasteiger partial charge in [-0.25, -0.2) is 0 Å². The van der Waals surface area contributed by atoms with Crippen molar-refractivity contribution in [3.63, 3.8) is 0 Å². The minimum Gasteiger partial charge on any atom is -0.396 e. The van der Waals surface area contributed by atoms with Crippen LogP contribution in [0.4, 0.5) is 0 Å². The van der Waals surface area contributed by atoms with E-state index in [0.717, 1.165) is 18.5 Å². The highest BCUT2D eigenvalue weighted by Crippen LogP contribution is 2.26. The Kier molecular flexibility index (Phi) is 4.01. The van der Waals surface area contributed by atoms with Crippen molar-refractivity contribution in [1.82, 2.24) is 14.7 Å². The van der Waals surface area contributed by atoms with E-state index >= 15 is 0 Å². The van der Waals surface area contributed by atoms with Gasteiger partial charge >= 0.3 is 0 Å². The zero-order valence-electron chi connectivity index (χ0n) is 11.1. The Bertz CT molecular complexity index is 424. The lowest BCUT2D eigenvalue weighted by molar-refractivity contribution is 0.0561. The fraction of sp³-hybridized carbons (Fsp3) is 0.692. The summed E-state index contributed by atoms with van der Waals surface area (Å²) in [4.78, 5) is 14.4. The van der Waals surface area contributed by atoms with Crippen molar-refractivity contribution in [2.75, 3.05) is 13.2 Å². The smallest absolute Gasteiger partial charge is 0.257 e. The molecule has 1 saturated carbocycles. The standard InChI is InChI=1S/C13H21N3O2/c1-10-12(9-15(2)14-10)13(18)16(7-4-8-17)11-5-3-6-11/h9,11,17H,3-8H2,1-2H3. The van der Waals surface area contributed by atoms with Crippen molar-refractivity contribution in [2.45, 2.75) is 38.6 Å². The summed E-state index contributed by atoms with van der Waals surface area (Å²) in [6.45, 7) is 2.62. The summed E-state index contributed by atoms with van der Waals surface area (Å²) in [7, 11) is 1.82. The molecule has 5 heteroatoms. The van der Waals surface area contributed by atoms with Crippen LogP contribution in [0.2, 0.25) is 0 Å². The Hall–Kier alpha value is -1.36. The number of carbonyl (C=O) groups is 1. The number of nitrogens with zero attached hydrogens (tertiary/aromatic N) is 3. The maximum absolute atomic E-state index is 12.5. The minimum absolute atomic E-state index is 0.0544. The second-order valence-corrected chi connectivity index (χ2v) is 4.96. The third-order valence-electron chi connectivity index (χ3n) is 3.58. The van der Waals surface area contributed by atoms with Gasteiger partial charge in [-0.3, -0.25) is 9.48 Å². The van der Waals surface area contributed by atoms with Crippen LogP contribution in [0.15, 0.2) is 6.20 Å². The van der Waals surface area contributed by atoms with Crippen LogP contribution >= 0.6 is 0 Å². The highest BCUT2D eigenvalue weighted by molar-refractivity contribution is 5.95. The Morgan fingerprint density at radius 2 is 2.33 bits per heavy atom. The van der Waals surface area contributed by atoms with Crippen molar-refractivity contribution < 1.29 is 9.90 Å². The first-order valence-corrected chi connectivity index (χ1v) is 6.55. The van der Waals surface area contributed by atoms with Gasteiger partial charge in [0, 0.05) is 32.4 Å². The van der Waals surface area contributed by atoms with Crippen LogP contribution in [0, 0.1) is 6.92 Å². The van der Waals surface area contributed by atoms with Crippen LogP contribution in [-0.2, 0) is 7.05 Å². The van der Waals surface area contributed by atoms with Crippen molar-refractivity contribution in [1.29, 1.82) is 0 Å². The molecule has 100 valence electrons. The first-order chi connectivity index (χ1) is 8.63. The van der Waals surface area contributed by atoms with Gasteiger partial charge < -0.3 is 10.0 Å². The van der Waals surface area contributed by atoms with Crippen LogP contribution in [0.5, 0.6) is 0 Å². The lowest BCUT2D eigenvalue weighted by Crippen LogP contribution is -2.45. The molecule has 0 saturated heterocycles. The molecule has 0 aliphatic heterocycles. The van der Waals surface area contributed by atoms with Gasteiger partial charge in [0.25, 0.3) is 5.91 Å². The van der Waals surface area contributed by atoms with Crippen LogP contribution < -0.4 is 0 Å². The molecule has 0 aromatic carbocycles. The molecular formula is C13H21N3O2. The number of hydrogen-bond donors (Lipinski definition) is 1. The summed E-state index contributed by atoms with van der Waals surface area (Å²) >= 11 is 0. The van der Waals surface area contributed by atoms with E-state index in [1.54, 1.807) is 10.9 Å². The number of amides is 1. The number of aliphatic hydroxyl groups is 1. The highest BCUT2D eigenvalue weighted by atomic mass is 16.3. The average Bonchev–Trinajstić information content (AvgIpc) is 2.60. The number of hydrogen-bond acceptors (Lipinski definition) is 3. The third-order valence-corrected chi connectivity index (χ3v) is 3.58. The van der Waals surface area contributed by atoms with Gasteiger partial charge in [-0.15, -0.1) is 0 Å². The molecule has 0 atom stereocenters. The quantitative estimate of drug-likeness (QED) is 0.852. The number of carbonyl (C=O) groups excluding carboxylic acids is 1. The van der Waals surface area contributed by atoms with Crippen LogP contribution in [-0.4, -0.2) is 44.9 Å².